The number of hydrogen-bond acceptors (Lipinski definition) is 6. The molecule has 38 heavy (non-hydrogen) atoms. The van der Waals surface area contributed by atoms with Gasteiger partial charge >= 0.3 is 19.2 Å². The molecule has 1 atom stereocenters. The molecule has 0 radical (unpaired) electrons. The van der Waals surface area contributed by atoms with Crippen molar-refractivity contribution in [3.05, 3.63) is 71.8 Å². The maximum atomic E-state index is 13.6. The lowest BCUT2D eigenvalue weighted by atomic mass is 9.80. The number of rotatable bonds is 10. The third-order valence-corrected chi connectivity index (χ3v) is 8.09. The summed E-state index contributed by atoms with van der Waals surface area (Å²) in [5.74, 6) is -0.369. The molecule has 7 nitrogen and oxygen atoms in total. The van der Waals surface area contributed by atoms with E-state index in [1.807, 2.05) is 88.4 Å². The van der Waals surface area contributed by atoms with Gasteiger partial charge in [-0.1, -0.05) is 73.5 Å². The van der Waals surface area contributed by atoms with Crippen LogP contribution in [-0.4, -0.2) is 47.4 Å². The number of esters is 1. The van der Waals surface area contributed by atoms with Gasteiger partial charge in [-0.2, -0.15) is 0 Å². The summed E-state index contributed by atoms with van der Waals surface area (Å²) in [5, 5.41) is 0. The second kappa shape index (κ2) is 11.9. The van der Waals surface area contributed by atoms with Crippen LogP contribution in [-0.2, 0) is 36.8 Å². The molecule has 0 saturated carbocycles. The SMILES string of the molecule is CC1(C)OB(CCCCC2(C(=O)OCc3ccccc3)CCCN2C(=O)OCc2ccccc2)OC1(C)C. The third kappa shape index (κ3) is 6.41. The minimum atomic E-state index is -1.04. The molecule has 2 aliphatic heterocycles. The molecule has 1 amide bonds. The number of hydrogen-bond donors (Lipinski definition) is 0. The average molecular weight is 521 g/mol. The van der Waals surface area contributed by atoms with Crippen LogP contribution < -0.4 is 0 Å². The van der Waals surface area contributed by atoms with E-state index in [1.165, 1.54) is 0 Å². The highest BCUT2D eigenvalue weighted by molar-refractivity contribution is 6.45. The Labute approximate surface area is 226 Å². The van der Waals surface area contributed by atoms with Crippen LogP contribution in [0.5, 0.6) is 0 Å². The zero-order valence-corrected chi connectivity index (χ0v) is 23.1. The molecule has 204 valence electrons. The monoisotopic (exact) mass is 521 g/mol. The summed E-state index contributed by atoms with van der Waals surface area (Å²) in [7, 11) is -0.281. The first-order valence-electron chi connectivity index (χ1n) is 13.7. The molecular weight excluding hydrogens is 481 g/mol. The van der Waals surface area contributed by atoms with Gasteiger partial charge in [-0.3, -0.25) is 4.90 Å². The summed E-state index contributed by atoms with van der Waals surface area (Å²) in [6, 6.07) is 19.2. The maximum Gasteiger partial charge on any atom is 0.457 e. The van der Waals surface area contributed by atoms with Gasteiger partial charge in [-0.05, 0) is 64.4 Å². The molecule has 0 aliphatic carbocycles. The Morgan fingerprint density at radius 3 is 1.97 bits per heavy atom. The van der Waals surface area contributed by atoms with E-state index in [9.17, 15) is 9.59 Å². The minimum absolute atomic E-state index is 0.160. The Bertz CT molecular complexity index is 1060. The fourth-order valence-electron chi connectivity index (χ4n) is 5.18. The number of amides is 1. The van der Waals surface area contributed by atoms with Crippen molar-refractivity contribution in [3.8, 4) is 0 Å². The molecule has 0 spiro atoms. The molecule has 2 fully saturated rings. The predicted octanol–water partition coefficient (Wildman–Crippen LogP) is 6.16. The quantitative estimate of drug-likeness (QED) is 0.212. The molecule has 2 aliphatic rings. The van der Waals surface area contributed by atoms with Gasteiger partial charge in [-0.15, -0.1) is 0 Å². The molecule has 0 aromatic heterocycles. The third-order valence-electron chi connectivity index (χ3n) is 8.09. The van der Waals surface area contributed by atoms with E-state index < -0.39 is 11.6 Å². The lowest BCUT2D eigenvalue weighted by molar-refractivity contribution is -0.158. The van der Waals surface area contributed by atoms with Gasteiger partial charge in [0.15, 0.2) is 0 Å². The number of unbranched alkanes of at least 4 members (excludes halogenated alkanes) is 1. The van der Waals surface area contributed by atoms with Crippen LogP contribution in [0.15, 0.2) is 60.7 Å². The fourth-order valence-corrected chi connectivity index (χ4v) is 5.18. The van der Waals surface area contributed by atoms with Crippen molar-refractivity contribution in [1.82, 2.24) is 4.90 Å². The van der Waals surface area contributed by atoms with Crippen LogP contribution in [0, 0.1) is 0 Å². The topological polar surface area (TPSA) is 74.3 Å². The number of carbonyl (C=O) groups excluding carboxylic acids is 2. The van der Waals surface area contributed by atoms with Crippen molar-refractivity contribution in [3.63, 3.8) is 0 Å². The van der Waals surface area contributed by atoms with E-state index in [0.717, 1.165) is 36.7 Å². The maximum absolute atomic E-state index is 13.6. The van der Waals surface area contributed by atoms with E-state index in [2.05, 4.69) is 0 Å². The van der Waals surface area contributed by atoms with Crippen molar-refractivity contribution in [2.75, 3.05) is 6.54 Å². The zero-order chi connectivity index (χ0) is 27.2. The number of ether oxygens (including phenoxy) is 2. The van der Waals surface area contributed by atoms with Gasteiger partial charge < -0.3 is 18.8 Å². The summed E-state index contributed by atoms with van der Waals surface area (Å²) in [4.78, 5) is 28.5. The van der Waals surface area contributed by atoms with Gasteiger partial charge in [0.2, 0.25) is 0 Å². The van der Waals surface area contributed by atoms with Crippen molar-refractivity contribution < 1.29 is 28.4 Å². The normalized spacial score (nSPS) is 21.9. The summed E-state index contributed by atoms with van der Waals surface area (Å²) < 4.78 is 23.7. The number of carbonyl (C=O) groups is 2. The molecule has 2 heterocycles. The lowest BCUT2D eigenvalue weighted by Gasteiger charge is -2.35. The van der Waals surface area contributed by atoms with Gasteiger partial charge in [0.1, 0.15) is 18.8 Å². The van der Waals surface area contributed by atoms with E-state index in [1.54, 1.807) is 4.90 Å². The van der Waals surface area contributed by atoms with Gasteiger partial charge in [0.25, 0.3) is 0 Å². The van der Waals surface area contributed by atoms with Crippen LogP contribution >= 0.6 is 0 Å². The Kier molecular flexibility index (Phi) is 8.83. The Morgan fingerprint density at radius 1 is 0.842 bits per heavy atom. The van der Waals surface area contributed by atoms with E-state index in [-0.39, 0.29) is 37.5 Å². The number of benzene rings is 2. The van der Waals surface area contributed by atoms with E-state index in [0.29, 0.717) is 19.4 Å². The second-order valence-corrected chi connectivity index (χ2v) is 11.3. The fraction of sp³-hybridized carbons (Fsp3) is 0.533. The first-order valence-corrected chi connectivity index (χ1v) is 13.7. The summed E-state index contributed by atoms with van der Waals surface area (Å²) in [6.07, 6.45) is 3.55. The molecule has 4 rings (SSSR count). The van der Waals surface area contributed by atoms with Crippen LogP contribution in [0.4, 0.5) is 4.79 Å². The smallest absolute Gasteiger partial charge is 0.457 e. The summed E-state index contributed by atoms with van der Waals surface area (Å²) in [6.45, 7) is 8.97. The molecule has 0 bridgehead atoms. The Hall–Kier alpha value is -2.84. The van der Waals surface area contributed by atoms with Gasteiger partial charge in [0, 0.05) is 6.54 Å². The molecule has 0 N–H and O–H groups in total. The van der Waals surface area contributed by atoms with Crippen LogP contribution in [0.25, 0.3) is 0 Å². The highest BCUT2D eigenvalue weighted by Crippen LogP contribution is 2.40. The Balaban J connectivity index is 1.41. The standard InChI is InChI=1S/C30H40BNO6/c1-28(2)29(3,4)38-31(37-28)20-12-11-18-30(26(33)35-22-24-14-7-5-8-15-24)19-13-21-32(30)27(34)36-23-25-16-9-6-10-17-25/h5-10,14-17H,11-13,18-23H2,1-4H3. The van der Waals surface area contributed by atoms with Crippen molar-refractivity contribution in [2.24, 2.45) is 0 Å². The highest BCUT2D eigenvalue weighted by atomic mass is 16.7. The van der Waals surface area contributed by atoms with Crippen LogP contribution in [0.1, 0.15) is 70.9 Å². The Morgan fingerprint density at radius 2 is 1.39 bits per heavy atom. The highest BCUT2D eigenvalue weighted by Gasteiger charge is 2.52. The first kappa shape index (κ1) is 28.2. The van der Waals surface area contributed by atoms with E-state index >= 15 is 0 Å². The molecule has 2 saturated heterocycles. The molecule has 1 unspecified atom stereocenters. The summed E-state index contributed by atoms with van der Waals surface area (Å²) in [5.41, 5.74) is 0.0292. The number of nitrogens with zero attached hydrogens (tertiary/aromatic N) is 1. The lowest BCUT2D eigenvalue weighted by Crippen LogP contribution is -2.54. The molecule has 8 heteroatoms. The van der Waals surface area contributed by atoms with E-state index in [4.69, 9.17) is 18.8 Å². The largest absolute Gasteiger partial charge is 0.459 e. The zero-order valence-electron chi connectivity index (χ0n) is 23.1. The number of likely N-dealkylation sites (tertiary alicyclic amines) is 1. The summed E-state index contributed by atoms with van der Waals surface area (Å²) >= 11 is 0. The van der Waals surface area contributed by atoms with Gasteiger partial charge in [-0.25, -0.2) is 9.59 Å². The minimum Gasteiger partial charge on any atom is -0.459 e. The van der Waals surface area contributed by atoms with Gasteiger partial charge in [0.05, 0.1) is 11.2 Å². The predicted molar refractivity (Wildman–Crippen MR) is 146 cm³/mol. The van der Waals surface area contributed by atoms with Crippen molar-refractivity contribution in [1.29, 1.82) is 0 Å². The second-order valence-electron chi connectivity index (χ2n) is 11.3. The van der Waals surface area contributed by atoms with Crippen LogP contribution in [0.3, 0.4) is 0 Å². The average Bonchev–Trinajstić information content (AvgIpc) is 3.42. The molecular formula is C30H40BNO6. The van der Waals surface area contributed by atoms with Crippen molar-refractivity contribution >= 4 is 19.2 Å². The van der Waals surface area contributed by atoms with Crippen molar-refractivity contribution in [2.45, 2.75) is 96.1 Å². The molecule has 2 aromatic rings. The molecule has 2 aromatic carbocycles. The van der Waals surface area contributed by atoms with Crippen LogP contribution in [0.2, 0.25) is 6.32 Å². The first-order chi connectivity index (χ1) is 18.1.